The number of hydrogen-bond donors (Lipinski definition) is 1. The fourth-order valence-electron chi connectivity index (χ4n) is 3.08. The molecule has 1 aromatic rings. The van der Waals surface area contributed by atoms with Crippen LogP contribution in [0, 0.1) is 17.7 Å². The number of rotatable bonds is 4. The molecular formula is C17H27FN2. The quantitative estimate of drug-likeness (QED) is 0.912. The summed E-state index contributed by atoms with van der Waals surface area (Å²) >= 11 is 0. The first-order chi connectivity index (χ1) is 9.58. The van der Waals surface area contributed by atoms with Crippen molar-refractivity contribution in [1.29, 1.82) is 0 Å². The summed E-state index contributed by atoms with van der Waals surface area (Å²) in [5, 5.41) is 0. The predicted octanol–water partition coefficient (Wildman–Crippen LogP) is 3.58. The zero-order valence-corrected chi connectivity index (χ0v) is 12.7. The average Bonchev–Trinajstić information content (AvgIpc) is 2.63. The lowest BCUT2D eigenvalue weighted by Crippen LogP contribution is -2.34. The molecule has 2 nitrogen and oxygen atoms in total. The van der Waals surface area contributed by atoms with Gasteiger partial charge in [-0.05, 0) is 50.3 Å². The first-order valence-electron chi connectivity index (χ1n) is 7.80. The Morgan fingerprint density at radius 3 is 2.80 bits per heavy atom. The minimum Gasteiger partial charge on any atom is -0.324 e. The molecule has 1 aromatic carbocycles. The van der Waals surface area contributed by atoms with Crippen LogP contribution in [-0.4, -0.2) is 24.5 Å². The molecule has 0 spiro atoms. The number of halogens is 1. The molecule has 0 bridgehead atoms. The van der Waals surface area contributed by atoms with Gasteiger partial charge >= 0.3 is 0 Å². The number of likely N-dealkylation sites (tertiary alicyclic amines) is 1. The third-order valence-corrected chi connectivity index (χ3v) is 4.53. The third-order valence-electron chi connectivity index (χ3n) is 4.53. The van der Waals surface area contributed by atoms with E-state index in [1.807, 2.05) is 6.07 Å². The summed E-state index contributed by atoms with van der Waals surface area (Å²) in [6, 6.07) is 6.65. The Labute approximate surface area is 122 Å². The van der Waals surface area contributed by atoms with E-state index < -0.39 is 0 Å². The Bertz CT molecular complexity index is 421. The van der Waals surface area contributed by atoms with Crippen LogP contribution in [0.4, 0.5) is 4.39 Å². The zero-order chi connectivity index (χ0) is 14.5. The zero-order valence-electron chi connectivity index (χ0n) is 12.7. The van der Waals surface area contributed by atoms with E-state index in [0.717, 1.165) is 25.6 Å². The van der Waals surface area contributed by atoms with Crippen LogP contribution in [0.3, 0.4) is 0 Å². The Balaban J connectivity index is 1.94. The van der Waals surface area contributed by atoms with Crippen LogP contribution in [0.2, 0.25) is 0 Å². The maximum absolute atomic E-state index is 13.8. The normalized spacial score (nSPS) is 24.1. The van der Waals surface area contributed by atoms with Crippen LogP contribution >= 0.6 is 0 Å². The van der Waals surface area contributed by atoms with Gasteiger partial charge < -0.3 is 10.6 Å². The van der Waals surface area contributed by atoms with Crippen molar-refractivity contribution in [3.05, 3.63) is 35.6 Å². The van der Waals surface area contributed by atoms with Crippen LogP contribution in [0.15, 0.2) is 24.3 Å². The molecule has 112 valence electrons. The molecule has 20 heavy (non-hydrogen) atoms. The predicted molar refractivity (Wildman–Crippen MR) is 81.9 cm³/mol. The van der Waals surface area contributed by atoms with Crippen molar-refractivity contribution in [2.24, 2.45) is 17.6 Å². The molecule has 1 heterocycles. The number of nitrogens with two attached hydrogens (primary N) is 1. The van der Waals surface area contributed by atoms with Crippen LogP contribution in [0.25, 0.3) is 0 Å². The van der Waals surface area contributed by atoms with Crippen LogP contribution in [-0.2, 0) is 0 Å². The molecule has 3 unspecified atom stereocenters. The van der Waals surface area contributed by atoms with Gasteiger partial charge in [0.25, 0.3) is 0 Å². The second-order valence-electron chi connectivity index (χ2n) is 6.36. The monoisotopic (exact) mass is 278 g/mol. The highest BCUT2D eigenvalue weighted by Gasteiger charge is 2.22. The lowest BCUT2D eigenvalue weighted by Gasteiger charge is -2.28. The lowest BCUT2D eigenvalue weighted by molar-refractivity contribution is 0.226. The molecule has 0 amide bonds. The SMILES string of the molecule is CC1CCCN(CC(C)C(N)c2ccccc2F)CC1. The van der Waals surface area contributed by atoms with Gasteiger partial charge in [0.1, 0.15) is 5.82 Å². The van der Waals surface area contributed by atoms with Gasteiger partial charge in [-0.15, -0.1) is 0 Å². The molecule has 1 saturated heterocycles. The second-order valence-corrected chi connectivity index (χ2v) is 6.36. The highest BCUT2D eigenvalue weighted by molar-refractivity contribution is 5.21. The van der Waals surface area contributed by atoms with Gasteiger partial charge in [0.05, 0.1) is 0 Å². The Morgan fingerprint density at radius 1 is 1.30 bits per heavy atom. The number of hydrogen-bond acceptors (Lipinski definition) is 2. The molecule has 2 rings (SSSR count). The van der Waals surface area contributed by atoms with Gasteiger partial charge in [0.2, 0.25) is 0 Å². The lowest BCUT2D eigenvalue weighted by atomic mass is 9.94. The van der Waals surface area contributed by atoms with Crippen molar-refractivity contribution in [2.45, 2.75) is 39.2 Å². The first kappa shape index (κ1) is 15.5. The molecular weight excluding hydrogens is 251 g/mol. The van der Waals surface area contributed by atoms with Gasteiger partial charge in [-0.3, -0.25) is 0 Å². The number of benzene rings is 1. The molecule has 1 fully saturated rings. The van der Waals surface area contributed by atoms with E-state index in [1.165, 1.54) is 25.3 Å². The van der Waals surface area contributed by atoms with Crippen molar-refractivity contribution >= 4 is 0 Å². The second kappa shape index (κ2) is 7.19. The van der Waals surface area contributed by atoms with E-state index in [9.17, 15) is 4.39 Å². The molecule has 1 aliphatic rings. The topological polar surface area (TPSA) is 29.3 Å². The summed E-state index contributed by atoms with van der Waals surface area (Å²) in [4.78, 5) is 2.49. The molecule has 3 heteroatoms. The maximum Gasteiger partial charge on any atom is 0.127 e. The molecule has 0 aromatic heterocycles. The molecule has 1 aliphatic heterocycles. The van der Waals surface area contributed by atoms with E-state index in [4.69, 9.17) is 5.73 Å². The smallest absolute Gasteiger partial charge is 0.127 e. The molecule has 0 aliphatic carbocycles. The Morgan fingerprint density at radius 2 is 2.05 bits per heavy atom. The van der Waals surface area contributed by atoms with Gasteiger partial charge in [0.15, 0.2) is 0 Å². The van der Waals surface area contributed by atoms with Crippen molar-refractivity contribution in [3.63, 3.8) is 0 Å². The van der Waals surface area contributed by atoms with E-state index in [0.29, 0.717) is 5.56 Å². The summed E-state index contributed by atoms with van der Waals surface area (Å²) in [5.74, 6) is 0.909. The summed E-state index contributed by atoms with van der Waals surface area (Å²) in [5.41, 5.74) is 6.90. The van der Waals surface area contributed by atoms with E-state index in [1.54, 1.807) is 12.1 Å². The Hall–Kier alpha value is -0.930. The maximum atomic E-state index is 13.8. The molecule has 0 radical (unpaired) electrons. The van der Waals surface area contributed by atoms with Gasteiger partial charge in [-0.1, -0.05) is 32.0 Å². The van der Waals surface area contributed by atoms with E-state index in [2.05, 4.69) is 18.7 Å². The largest absolute Gasteiger partial charge is 0.324 e. The summed E-state index contributed by atoms with van der Waals surface area (Å²) < 4.78 is 13.8. The average molecular weight is 278 g/mol. The third kappa shape index (κ3) is 4.03. The molecule has 0 saturated carbocycles. The highest BCUT2D eigenvalue weighted by Crippen LogP contribution is 2.24. The molecule has 2 N–H and O–H groups in total. The molecule has 3 atom stereocenters. The van der Waals surface area contributed by atoms with Crippen LogP contribution < -0.4 is 5.73 Å². The minimum atomic E-state index is -0.225. The minimum absolute atomic E-state index is 0.184. The first-order valence-corrected chi connectivity index (χ1v) is 7.80. The van der Waals surface area contributed by atoms with Crippen LogP contribution in [0.5, 0.6) is 0 Å². The van der Waals surface area contributed by atoms with Crippen LogP contribution in [0.1, 0.15) is 44.7 Å². The number of nitrogens with zero attached hydrogens (tertiary/aromatic N) is 1. The standard InChI is InChI=1S/C17H27FN2/c1-13-6-5-10-20(11-9-13)12-14(2)17(19)15-7-3-4-8-16(15)18/h3-4,7-8,13-14,17H,5-6,9-12,19H2,1-2H3. The fourth-order valence-corrected chi connectivity index (χ4v) is 3.08. The van der Waals surface area contributed by atoms with E-state index in [-0.39, 0.29) is 17.8 Å². The van der Waals surface area contributed by atoms with Crippen molar-refractivity contribution in [2.75, 3.05) is 19.6 Å². The summed E-state index contributed by atoms with van der Waals surface area (Å²) in [6.07, 6.45) is 3.86. The van der Waals surface area contributed by atoms with E-state index >= 15 is 0 Å². The highest BCUT2D eigenvalue weighted by atomic mass is 19.1. The summed E-state index contributed by atoms with van der Waals surface area (Å²) in [7, 11) is 0. The van der Waals surface area contributed by atoms with Gasteiger partial charge in [0, 0.05) is 18.2 Å². The van der Waals surface area contributed by atoms with Crippen molar-refractivity contribution in [1.82, 2.24) is 4.90 Å². The fraction of sp³-hybridized carbons (Fsp3) is 0.647. The Kier molecular flexibility index (Phi) is 5.55. The van der Waals surface area contributed by atoms with Crippen molar-refractivity contribution in [3.8, 4) is 0 Å². The van der Waals surface area contributed by atoms with Gasteiger partial charge in [-0.25, -0.2) is 4.39 Å². The summed E-state index contributed by atoms with van der Waals surface area (Å²) in [6.45, 7) is 7.72. The van der Waals surface area contributed by atoms with Gasteiger partial charge in [-0.2, -0.15) is 0 Å². The van der Waals surface area contributed by atoms with Crippen molar-refractivity contribution < 1.29 is 4.39 Å².